The Morgan fingerprint density at radius 3 is 2.21 bits per heavy atom. The molecule has 0 unspecified atom stereocenters. The van der Waals surface area contributed by atoms with Crippen LogP contribution in [0.2, 0.25) is 0 Å². The first-order chi connectivity index (χ1) is 13.8. The lowest BCUT2D eigenvalue weighted by atomic mass is 9.49. The molecule has 5 aliphatic rings. The third kappa shape index (κ3) is 4.46. The summed E-state index contributed by atoms with van der Waals surface area (Å²) in [5.74, 6) is 2.31. The van der Waals surface area contributed by atoms with E-state index in [4.69, 9.17) is 4.74 Å². The summed E-state index contributed by atoms with van der Waals surface area (Å²) in [6.45, 7) is 3.96. The first-order valence-corrected chi connectivity index (χ1v) is 11.6. The van der Waals surface area contributed by atoms with Gasteiger partial charge in [-0.2, -0.15) is 0 Å². The molecule has 2 amide bonds. The summed E-state index contributed by atoms with van der Waals surface area (Å²) < 4.78 is 5.11. The van der Waals surface area contributed by atoms with Gasteiger partial charge >= 0.3 is 5.97 Å². The number of rotatable bonds is 6. The van der Waals surface area contributed by atoms with Crippen LogP contribution in [0.4, 0.5) is 0 Å². The van der Waals surface area contributed by atoms with Gasteiger partial charge in [0.2, 0.25) is 5.91 Å². The molecule has 3 atom stereocenters. The molecule has 0 radical (unpaired) electrons. The first kappa shape index (κ1) is 20.7. The fourth-order valence-electron chi connectivity index (χ4n) is 6.96. The van der Waals surface area contributed by atoms with Crippen molar-refractivity contribution in [2.45, 2.75) is 77.7 Å². The third-order valence-corrected chi connectivity index (χ3v) is 8.33. The van der Waals surface area contributed by atoms with Crippen molar-refractivity contribution in [3.8, 4) is 0 Å². The first-order valence-electron chi connectivity index (χ1n) is 11.6. The second kappa shape index (κ2) is 8.27. The van der Waals surface area contributed by atoms with Crippen molar-refractivity contribution >= 4 is 17.8 Å². The SMILES string of the molecule is C[C@@H]1[C@@H](C)CCC[C@H]1NC(=O)COC(=O)CNC(=O)C12CC3CC(CC(C3)C1)C2. The lowest BCUT2D eigenvalue weighted by Gasteiger charge is -2.55. The molecule has 6 nitrogen and oxygen atoms in total. The fraction of sp³-hybridized carbons (Fsp3) is 0.870. The minimum atomic E-state index is -0.539. The van der Waals surface area contributed by atoms with Gasteiger partial charge in [0.1, 0.15) is 6.54 Å². The average Bonchev–Trinajstić information content (AvgIpc) is 2.67. The molecular weight excluding hydrogens is 368 g/mol. The van der Waals surface area contributed by atoms with E-state index in [0.29, 0.717) is 29.6 Å². The summed E-state index contributed by atoms with van der Waals surface area (Å²) in [4.78, 5) is 37.1. The zero-order valence-corrected chi connectivity index (χ0v) is 17.9. The van der Waals surface area contributed by atoms with Crippen LogP contribution < -0.4 is 10.6 Å². The Bertz CT molecular complexity index is 626. The highest BCUT2D eigenvalue weighted by Crippen LogP contribution is 2.60. The van der Waals surface area contributed by atoms with Crippen molar-refractivity contribution in [1.82, 2.24) is 10.6 Å². The molecule has 5 rings (SSSR count). The van der Waals surface area contributed by atoms with E-state index < -0.39 is 5.97 Å². The highest BCUT2D eigenvalue weighted by atomic mass is 16.5. The van der Waals surface area contributed by atoms with E-state index in [2.05, 4.69) is 24.5 Å². The summed E-state index contributed by atoms with van der Waals surface area (Å²) in [6, 6.07) is 0.153. The van der Waals surface area contributed by atoms with E-state index in [1.165, 1.54) is 25.7 Å². The van der Waals surface area contributed by atoms with Crippen LogP contribution in [-0.4, -0.2) is 37.0 Å². The number of esters is 1. The van der Waals surface area contributed by atoms with Gasteiger partial charge in [-0.3, -0.25) is 14.4 Å². The van der Waals surface area contributed by atoms with Crippen LogP contribution in [0.3, 0.4) is 0 Å². The van der Waals surface area contributed by atoms with Crippen LogP contribution in [0.1, 0.15) is 71.6 Å². The predicted octanol–water partition coefficient (Wildman–Crippen LogP) is 2.80. The summed E-state index contributed by atoms with van der Waals surface area (Å²) in [5, 5.41) is 5.82. The van der Waals surface area contributed by atoms with Crippen LogP contribution >= 0.6 is 0 Å². The van der Waals surface area contributed by atoms with Gasteiger partial charge in [0.05, 0.1) is 0 Å². The minimum absolute atomic E-state index is 0.0167. The van der Waals surface area contributed by atoms with E-state index in [-0.39, 0.29) is 36.4 Å². The molecule has 162 valence electrons. The maximum absolute atomic E-state index is 12.9. The number of nitrogens with one attached hydrogen (secondary N) is 2. The lowest BCUT2D eigenvalue weighted by Crippen LogP contribution is -2.54. The molecule has 5 aliphatic carbocycles. The minimum Gasteiger partial charge on any atom is -0.454 e. The summed E-state index contributed by atoms with van der Waals surface area (Å²) in [6.07, 6.45) is 10.1. The van der Waals surface area contributed by atoms with E-state index in [1.54, 1.807) is 0 Å². The second-order valence-electron chi connectivity index (χ2n) is 10.5. The summed E-state index contributed by atoms with van der Waals surface area (Å²) >= 11 is 0. The number of carbonyl (C=O) groups excluding carboxylic acids is 3. The summed E-state index contributed by atoms with van der Waals surface area (Å²) in [5.41, 5.74) is -0.264. The van der Waals surface area contributed by atoms with Gasteiger partial charge in [-0.15, -0.1) is 0 Å². The van der Waals surface area contributed by atoms with Crippen LogP contribution in [0.25, 0.3) is 0 Å². The molecular formula is C23H36N2O4. The number of ether oxygens (including phenoxy) is 1. The smallest absolute Gasteiger partial charge is 0.325 e. The number of hydrogen-bond donors (Lipinski definition) is 2. The molecule has 29 heavy (non-hydrogen) atoms. The van der Waals surface area contributed by atoms with E-state index in [9.17, 15) is 14.4 Å². The van der Waals surface area contributed by atoms with E-state index in [0.717, 1.165) is 32.1 Å². The van der Waals surface area contributed by atoms with Gasteiger partial charge in [-0.25, -0.2) is 0 Å². The zero-order valence-electron chi connectivity index (χ0n) is 17.9. The molecule has 4 bridgehead atoms. The van der Waals surface area contributed by atoms with Gasteiger partial charge in [0.25, 0.3) is 5.91 Å². The molecule has 0 aliphatic heterocycles. The van der Waals surface area contributed by atoms with E-state index in [1.807, 2.05) is 0 Å². The Kier molecular flexibility index (Phi) is 5.90. The fourth-order valence-corrected chi connectivity index (χ4v) is 6.96. The molecule has 6 heteroatoms. The van der Waals surface area contributed by atoms with Crippen LogP contribution in [-0.2, 0) is 19.1 Å². The normalized spacial score (nSPS) is 40.3. The molecule has 0 spiro atoms. The van der Waals surface area contributed by atoms with Gasteiger partial charge in [0, 0.05) is 11.5 Å². The van der Waals surface area contributed by atoms with Crippen LogP contribution in [0.15, 0.2) is 0 Å². The number of amides is 2. The standard InChI is InChI=1S/C23H36N2O4/c1-14-4-3-5-19(15(14)2)25-20(26)13-29-21(27)12-24-22(28)23-9-16-6-17(10-23)8-18(7-16)11-23/h14-19H,3-13H2,1-2H3,(H,24,28)(H,25,26)/t14-,15+,16?,17?,18?,19+,23?/m0/s1. The maximum Gasteiger partial charge on any atom is 0.325 e. The van der Waals surface area contributed by atoms with Crippen molar-refractivity contribution in [2.75, 3.05) is 13.2 Å². The van der Waals surface area contributed by atoms with Gasteiger partial charge in [-0.1, -0.05) is 26.7 Å². The molecule has 0 aromatic carbocycles. The van der Waals surface area contributed by atoms with Crippen LogP contribution in [0, 0.1) is 35.0 Å². The molecule has 0 aromatic rings. The Labute approximate surface area is 173 Å². The number of hydrogen-bond acceptors (Lipinski definition) is 4. The van der Waals surface area contributed by atoms with Gasteiger partial charge in [0.15, 0.2) is 6.61 Å². The monoisotopic (exact) mass is 404 g/mol. The van der Waals surface area contributed by atoms with E-state index >= 15 is 0 Å². The zero-order chi connectivity index (χ0) is 20.6. The maximum atomic E-state index is 12.9. The lowest BCUT2D eigenvalue weighted by molar-refractivity contribution is -0.152. The highest BCUT2D eigenvalue weighted by molar-refractivity contribution is 5.87. The van der Waals surface area contributed by atoms with Crippen molar-refractivity contribution in [2.24, 2.45) is 35.0 Å². The Balaban J connectivity index is 1.18. The predicted molar refractivity (Wildman–Crippen MR) is 109 cm³/mol. The largest absolute Gasteiger partial charge is 0.454 e. The quantitative estimate of drug-likeness (QED) is 0.667. The van der Waals surface area contributed by atoms with Crippen molar-refractivity contribution < 1.29 is 19.1 Å². The second-order valence-corrected chi connectivity index (χ2v) is 10.5. The Hall–Kier alpha value is -1.59. The van der Waals surface area contributed by atoms with Gasteiger partial charge in [-0.05, 0) is 74.5 Å². The molecule has 0 aromatic heterocycles. The molecule has 2 N–H and O–H groups in total. The average molecular weight is 405 g/mol. The van der Waals surface area contributed by atoms with Crippen molar-refractivity contribution in [3.05, 3.63) is 0 Å². The molecule has 0 saturated heterocycles. The highest BCUT2D eigenvalue weighted by Gasteiger charge is 2.54. The summed E-state index contributed by atoms with van der Waals surface area (Å²) in [7, 11) is 0. The van der Waals surface area contributed by atoms with Crippen molar-refractivity contribution in [1.29, 1.82) is 0 Å². The Morgan fingerprint density at radius 2 is 1.59 bits per heavy atom. The molecule has 5 saturated carbocycles. The van der Waals surface area contributed by atoms with Crippen molar-refractivity contribution in [3.63, 3.8) is 0 Å². The topological polar surface area (TPSA) is 84.5 Å². The molecule has 5 fully saturated rings. The van der Waals surface area contributed by atoms with Gasteiger partial charge < -0.3 is 15.4 Å². The third-order valence-electron chi connectivity index (χ3n) is 8.33. The van der Waals surface area contributed by atoms with Crippen LogP contribution in [0.5, 0.6) is 0 Å². The Morgan fingerprint density at radius 1 is 0.966 bits per heavy atom. The number of carbonyl (C=O) groups is 3. The molecule has 0 heterocycles.